The molecule has 0 amide bonds. The number of rotatable bonds is 6. The van der Waals surface area contributed by atoms with E-state index >= 15 is 0 Å². The second-order valence-electron chi connectivity index (χ2n) is 4.06. The molecular formula is C12H19N3OS. The third-order valence-electron chi connectivity index (χ3n) is 2.47. The highest BCUT2D eigenvalue weighted by Gasteiger charge is 2.11. The number of aromatic nitrogens is 1. The molecule has 0 aliphatic rings. The van der Waals surface area contributed by atoms with Gasteiger partial charge in [0.1, 0.15) is 11.6 Å². The van der Waals surface area contributed by atoms with Crippen molar-refractivity contribution in [2.24, 2.45) is 5.73 Å². The quantitative estimate of drug-likeness (QED) is 0.786. The maximum Gasteiger partial charge on any atom is 0.137 e. The second kappa shape index (κ2) is 6.39. The number of ether oxygens (including phenoxy) is 1. The average molecular weight is 253 g/mol. The second-order valence-corrected chi connectivity index (χ2v) is 4.58. The minimum atomic E-state index is 0.352. The molecule has 0 bridgehead atoms. The number of nitrogens with zero attached hydrogens (tertiary/aromatic N) is 2. The maximum atomic E-state index is 5.53. The Bertz CT molecular complexity index is 365. The predicted octanol–water partition coefficient (Wildman–Crippen LogP) is 1.98. The average Bonchev–Trinajstić information content (AvgIpc) is 2.29. The Morgan fingerprint density at radius 1 is 1.53 bits per heavy atom. The summed E-state index contributed by atoms with van der Waals surface area (Å²) in [5.41, 5.74) is 5.53. The van der Waals surface area contributed by atoms with Crippen LogP contribution in [0.25, 0.3) is 0 Å². The lowest BCUT2D eigenvalue weighted by Crippen LogP contribution is -2.34. The van der Waals surface area contributed by atoms with E-state index in [1.54, 1.807) is 13.3 Å². The van der Waals surface area contributed by atoms with Gasteiger partial charge in [0.05, 0.1) is 18.3 Å². The summed E-state index contributed by atoms with van der Waals surface area (Å²) in [7, 11) is 1.63. The summed E-state index contributed by atoms with van der Waals surface area (Å²) in [6.45, 7) is 5.02. The number of methoxy groups -OCH3 is 1. The van der Waals surface area contributed by atoms with Crippen LogP contribution in [-0.4, -0.2) is 29.7 Å². The summed E-state index contributed by atoms with van der Waals surface area (Å²) in [5.74, 6) is 1.67. The Labute approximate surface area is 108 Å². The first kappa shape index (κ1) is 13.7. The van der Waals surface area contributed by atoms with Crippen molar-refractivity contribution in [1.82, 2.24) is 4.98 Å². The summed E-state index contributed by atoms with van der Waals surface area (Å²) in [6.07, 6.45) is 2.41. The van der Waals surface area contributed by atoms with Crippen LogP contribution in [0.15, 0.2) is 18.3 Å². The van der Waals surface area contributed by atoms with Gasteiger partial charge in [-0.1, -0.05) is 12.2 Å². The smallest absolute Gasteiger partial charge is 0.137 e. The molecule has 4 nitrogen and oxygen atoms in total. The highest BCUT2D eigenvalue weighted by molar-refractivity contribution is 7.80. The van der Waals surface area contributed by atoms with Gasteiger partial charge < -0.3 is 15.4 Å². The van der Waals surface area contributed by atoms with Crippen molar-refractivity contribution >= 4 is 23.0 Å². The van der Waals surface area contributed by atoms with Gasteiger partial charge >= 0.3 is 0 Å². The molecule has 2 N–H and O–H groups in total. The lowest BCUT2D eigenvalue weighted by Gasteiger charge is -2.27. The van der Waals surface area contributed by atoms with Gasteiger partial charge in [-0.15, -0.1) is 0 Å². The molecule has 0 atom stereocenters. The molecular weight excluding hydrogens is 234 g/mol. The van der Waals surface area contributed by atoms with Crippen LogP contribution in [0.3, 0.4) is 0 Å². The zero-order chi connectivity index (χ0) is 12.8. The molecule has 94 valence electrons. The van der Waals surface area contributed by atoms with Crippen molar-refractivity contribution in [2.75, 3.05) is 18.6 Å². The molecule has 1 aromatic heterocycles. The van der Waals surface area contributed by atoms with Gasteiger partial charge in [0, 0.05) is 19.0 Å². The highest BCUT2D eigenvalue weighted by atomic mass is 32.1. The lowest BCUT2D eigenvalue weighted by atomic mass is 10.2. The molecule has 0 unspecified atom stereocenters. The highest BCUT2D eigenvalue weighted by Crippen LogP contribution is 2.17. The van der Waals surface area contributed by atoms with Crippen LogP contribution in [0, 0.1) is 0 Å². The molecule has 0 radical (unpaired) electrons. The van der Waals surface area contributed by atoms with E-state index in [1.807, 2.05) is 12.1 Å². The fourth-order valence-electron chi connectivity index (χ4n) is 1.53. The van der Waals surface area contributed by atoms with E-state index in [0.717, 1.165) is 18.1 Å². The van der Waals surface area contributed by atoms with E-state index < -0.39 is 0 Å². The number of anilines is 1. The van der Waals surface area contributed by atoms with Crippen LogP contribution in [0.2, 0.25) is 0 Å². The van der Waals surface area contributed by atoms with E-state index in [1.165, 1.54) is 0 Å². The molecule has 1 heterocycles. The Kier molecular flexibility index (Phi) is 5.15. The molecule has 0 aliphatic heterocycles. The third kappa shape index (κ3) is 4.19. The summed E-state index contributed by atoms with van der Waals surface area (Å²) in [6, 6.07) is 4.20. The maximum absolute atomic E-state index is 5.53. The molecule has 1 rings (SSSR count). The molecule has 0 aliphatic carbocycles. The first-order valence-electron chi connectivity index (χ1n) is 5.59. The van der Waals surface area contributed by atoms with Crippen molar-refractivity contribution in [3.8, 4) is 5.75 Å². The van der Waals surface area contributed by atoms with Crippen molar-refractivity contribution in [2.45, 2.75) is 26.3 Å². The van der Waals surface area contributed by atoms with Crippen LogP contribution in [0.4, 0.5) is 5.82 Å². The molecule has 17 heavy (non-hydrogen) atoms. The number of hydrogen-bond donors (Lipinski definition) is 1. The van der Waals surface area contributed by atoms with Crippen LogP contribution in [0.5, 0.6) is 5.75 Å². The van der Waals surface area contributed by atoms with E-state index in [4.69, 9.17) is 22.7 Å². The van der Waals surface area contributed by atoms with Gasteiger partial charge in [0.25, 0.3) is 0 Å². The standard InChI is InChI=1S/C12H19N3OS/c1-9(2)15(7-6-11(13)17)12-5-4-10(16-3)8-14-12/h4-5,8-9H,6-7H2,1-3H3,(H2,13,17). The van der Waals surface area contributed by atoms with Crippen LogP contribution in [0.1, 0.15) is 20.3 Å². The minimum absolute atomic E-state index is 0.352. The zero-order valence-corrected chi connectivity index (χ0v) is 11.3. The fraction of sp³-hybridized carbons (Fsp3) is 0.500. The first-order chi connectivity index (χ1) is 8.04. The number of nitrogens with two attached hydrogens (primary N) is 1. The number of pyridine rings is 1. The van der Waals surface area contributed by atoms with E-state index in [9.17, 15) is 0 Å². The van der Waals surface area contributed by atoms with E-state index in [-0.39, 0.29) is 0 Å². The van der Waals surface area contributed by atoms with Crippen molar-refractivity contribution in [3.63, 3.8) is 0 Å². The number of hydrogen-bond acceptors (Lipinski definition) is 4. The van der Waals surface area contributed by atoms with Crippen LogP contribution < -0.4 is 15.4 Å². The van der Waals surface area contributed by atoms with Crippen LogP contribution in [-0.2, 0) is 0 Å². The topological polar surface area (TPSA) is 51.4 Å². The number of thiocarbonyl (C=S) groups is 1. The van der Waals surface area contributed by atoms with Gasteiger partial charge in [0.15, 0.2) is 0 Å². The van der Waals surface area contributed by atoms with Gasteiger partial charge in [-0.05, 0) is 26.0 Å². The summed E-state index contributed by atoms with van der Waals surface area (Å²) >= 11 is 4.90. The molecule has 0 saturated carbocycles. The summed E-state index contributed by atoms with van der Waals surface area (Å²) in [4.78, 5) is 7.06. The van der Waals surface area contributed by atoms with Crippen molar-refractivity contribution in [3.05, 3.63) is 18.3 Å². The van der Waals surface area contributed by atoms with Gasteiger partial charge in [0.2, 0.25) is 0 Å². The Morgan fingerprint density at radius 2 is 2.24 bits per heavy atom. The molecule has 1 aromatic rings. The third-order valence-corrected chi connectivity index (χ3v) is 2.68. The minimum Gasteiger partial charge on any atom is -0.495 e. The normalized spacial score (nSPS) is 10.4. The van der Waals surface area contributed by atoms with Gasteiger partial charge in [-0.2, -0.15) is 0 Å². The van der Waals surface area contributed by atoms with Gasteiger partial charge in [-0.3, -0.25) is 0 Å². The molecule has 5 heteroatoms. The molecule has 0 aromatic carbocycles. The Balaban J connectivity index is 2.78. The van der Waals surface area contributed by atoms with E-state index in [2.05, 4.69) is 23.7 Å². The van der Waals surface area contributed by atoms with Crippen molar-refractivity contribution in [1.29, 1.82) is 0 Å². The zero-order valence-electron chi connectivity index (χ0n) is 10.5. The molecule has 0 fully saturated rings. The first-order valence-corrected chi connectivity index (χ1v) is 6.00. The lowest BCUT2D eigenvalue weighted by molar-refractivity contribution is 0.413. The SMILES string of the molecule is COc1ccc(N(CCC(N)=S)C(C)C)nc1. The van der Waals surface area contributed by atoms with Gasteiger partial charge in [-0.25, -0.2) is 4.98 Å². The molecule has 0 spiro atoms. The fourth-order valence-corrected chi connectivity index (χ4v) is 1.62. The Hall–Kier alpha value is -1.36. The Morgan fingerprint density at radius 3 is 2.65 bits per heavy atom. The monoisotopic (exact) mass is 253 g/mol. The largest absolute Gasteiger partial charge is 0.495 e. The van der Waals surface area contributed by atoms with Crippen molar-refractivity contribution < 1.29 is 4.74 Å². The van der Waals surface area contributed by atoms with Crippen LogP contribution >= 0.6 is 12.2 Å². The predicted molar refractivity (Wildman–Crippen MR) is 74.7 cm³/mol. The van der Waals surface area contributed by atoms with E-state index in [0.29, 0.717) is 17.5 Å². The summed E-state index contributed by atoms with van der Waals surface area (Å²) < 4.78 is 5.09. The molecule has 0 saturated heterocycles. The summed E-state index contributed by atoms with van der Waals surface area (Å²) in [5, 5.41) is 0.